The molecule has 0 aliphatic rings. The molecule has 0 saturated carbocycles. The van der Waals surface area contributed by atoms with Gasteiger partial charge in [-0.3, -0.25) is 4.90 Å². The molecule has 0 aliphatic carbocycles. The molecule has 1 aromatic rings. The van der Waals surface area contributed by atoms with Gasteiger partial charge in [-0.05, 0) is 59.9 Å². The molecule has 4 heteroatoms. The molecule has 108 valence electrons. The summed E-state index contributed by atoms with van der Waals surface area (Å²) < 4.78 is 0.926. The third-order valence-electron chi connectivity index (χ3n) is 3.55. The molecule has 2 N–H and O–H groups in total. The molecule has 0 spiro atoms. The molecule has 0 saturated heterocycles. The Hall–Kier alpha value is -0.0900. The summed E-state index contributed by atoms with van der Waals surface area (Å²) in [6, 6.07) is 6.78. The van der Waals surface area contributed by atoms with Gasteiger partial charge < -0.3 is 5.73 Å². The van der Waals surface area contributed by atoms with E-state index in [2.05, 4.69) is 60.8 Å². The zero-order valence-corrected chi connectivity index (χ0v) is 14.5. The van der Waals surface area contributed by atoms with Gasteiger partial charge in [0.2, 0.25) is 0 Å². The molecule has 0 fully saturated rings. The SMILES string of the molecule is CC(C)CC(C)N(C)C(CN)c1ccc(Cl)c(Br)c1. The van der Waals surface area contributed by atoms with E-state index >= 15 is 0 Å². The highest BCUT2D eigenvalue weighted by Crippen LogP contribution is 2.29. The monoisotopic (exact) mass is 346 g/mol. The molecule has 0 aliphatic heterocycles. The lowest BCUT2D eigenvalue weighted by Gasteiger charge is -2.33. The van der Waals surface area contributed by atoms with Gasteiger partial charge in [-0.15, -0.1) is 0 Å². The van der Waals surface area contributed by atoms with Gasteiger partial charge in [-0.2, -0.15) is 0 Å². The van der Waals surface area contributed by atoms with Crippen LogP contribution in [0.4, 0.5) is 0 Å². The van der Waals surface area contributed by atoms with E-state index in [-0.39, 0.29) is 6.04 Å². The minimum absolute atomic E-state index is 0.224. The third kappa shape index (κ3) is 4.75. The predicted octanol–water partition coefficient (Wildman–Crippen LogP) is 4.47. The van der Waals surface area contributed by atoms with E-state index in [9.17, 15) is 0 Å². The third-order valence-corrected chi connectivity index (χ3v) is 4.77. The van der Waals surface area contributed by atoms with Gasteiger partial charge in [0.05, 0.1) is 5.02 Å². The molecule has 19 heavy (non-hydrogen) atoms. The van der Waals surface area contributed by atoms with E-state index in [0.29, 0.717) is 18.5 Å². The summed E-state index contributed by atoms with van der Waals surface area (Å²) in [5.41, 5.74) is 7.18. The Morgan fingerprint density at radius 3 is 2.42 bits per heavy atom. The van der Waals surface area contributed by atoms with E-state index in [1.807, 2.05) is 6.07 Å². The van der Waals surface area contributed by atoms with E-state index < -0.39 is 0 Å². The van der Waals surface area contributed by atoms with E-state index in [1.54, 1.807) is 0 Å². The van der Waals surface area contributed by atoms with Crippen molar-refractivity contribution in [3.8, 4) is 0 Å². The topological polar surface area (TPSA) is 29.3 Å². The Morgan fingerprint density at radius 1 is 1.32 bits per heavy atom. The van der Waals surface area contributed by atoms with Crippen LogP contribution in [-0.2, 0) is 0 Å². The van der Waals surface area contributed by atoms with Crippen LogP contribution in [0.25, 0.3) is 0 Å². The fraction of sp³-hybridized carbons (Fsp3) is 0.600. The van der Waals surface area contributed by atoms with Gasteiger partial charge in [0, 0.05) is 23.1 Å². The number of nitrogens with zero attached hydrogens (tertiary/aromatic N) is 1. The highest BCUT2D eigenvalue weighted by Gasteiger charge is 2.21. The Morgan fingerprint density at radius 2 is 1.95 bits per heavy atom. The molecule has 2 unspecified atom stereocenters. The first kappa shape index (κ1) is 17.0. The Labute approximate surface area is 130 Å². The highest BCUT2D eigenvalue weighted by molar-refractivity contribution is 9.10. The summed E-state index contributed by atoms with van der Waals surface area (Å²) in [6.45, 7) is 7.36. The van der Waals surface area contributed by atoms with Crippen LogP contribution in [0.5, 0.6) is 0 Å². The van der Waals surface area contributed by atoms with Crippen LogP contribution in [0, 0.1) is 5.92 Å². The van der Waals surface area contributed by atoms with E-state index in [1.165, 1.54) is 12.0 Å². The first-order valence-corrected chi connectivity index (χ1v) is 7.90. The van der Waals surface area contributed by atoms with Gasteiger partial charge in [-0.25, -0.2) is 0 Å². The van der Waals surface area contributed by atoms with Crippen LogP contribution in [0.2, 0.25) is 5.02 Å². The normalized spacial score (nSPS) is 15.0. The number of benzene rings is 1. The van der Waals surface area contributed by atoms with Gasteiger partial charge in [0.25, 0.3) is 0 Å². The number of rotatable bonds is 6. The predicted molar refractivity (Wildman–Crippen MR) is 87.6 cm³/mol. The lowest BCUT2D eigenvalue weighted by Crippen LogP contribution is -2.37. The van der Waals surface area contributed by atoms with Crippen LogP contribution in [0.15, 0.2) is 22.7 Å². The quantitative estimate of drug-likeness (QED) is 0.822. The molecular formula is C15H24BrClN2. The highest BCUT2D eigenvalue weighted by atomic mass is 79.9. The first-order valence-electron chi connectivity index (χ1n) is 6.73. The van der Waals surface area contributed by atoms with Crippen LogP contribution in [0.1, 0.15) is 38.8 Å². The fourth-order valence-electron chi connectivity index (χ4n) is 2.41. The molecule has 0 bridgehead atoms. The molecule has 2 atom stereocenters. The Kier molecular flexibility index (Phi) is 6.81. The van der Waals surface area contributed by atoms with Crippen molar-refractivity contribution in [3.05, 3.63) is 33.3 Å². The van der Waals surface area contributed by atoms with Crippen molar-refractivity contribution in [2.75, 3.05) is 13.6 Å². The average Bonchev–Trinajstić information content (AvgIpc) is 2.33. The van der Waals surface area contributed by atoms with Gasteiger partial charge in [0.15, 0.2) is 0 Å². The second kappa shape index (κ2) is 7.63. The van der Waals surface area contributed by atoms with Crippen LogP contribution in [-0.4, -0.2) is 24.5 Å². The Balaban J connectivity index is 2.89. The van der Waals surface area contributed by atoms with Crippen molar-refractivity contribution >= 4 is 27.5 Å². The molecule has 0 radical (unpaired) electrons. The number of halogens is 2. The molecule has 1 aromatic carbocycles. The van der Waals surface area contributed by atoms with Crippen molar-refractivity contribution in [2.45, 2.75) is 39.3 Å². The molecule has 2 nitrogen and oxygen atoms in total. The zero-order valence-electron chi connectivity index (χ0n) is 12.2. The maximum absolute atomic E-state index is 6.05. The standard InChI is InChI=1S/C15H24BrClN2/c1-10(2)7-11(3)19(4)15(9-18)12-5-6-14(17)13(16)8-12/h5-6,8,10-11,15H,7,9,18H2,1-4H3. The molecule has 1 rings (SSSR count). The van der Waals surface area contributed by atoms with Gasteiger partial charge >= 0.3 is 0 Å². The van der Waals surface area contributed by atoms with E-state index in [0.717, 1.165) is 9.50 Å². The van der Waals surface area contributed by atoms with Crippen molar-refractivity contribution < 1.29 is 0 Å². The van der Waals surface area contributed by atoms with Crippen molar-refractivity contribution in [1.82, 2.24) is 4.90 Å². The van der Waals surface area contributed by atoms with Crippen LogP contribution < -0.4 is 5.73 Å². The fourth-order valence-corrected chi connectivity index (χ4v) is 2.93. The summed E-state index contributed by atoms with van der Waals surface area (Å²) in [6.07, 6.45) is 1.17. The van der Waals surface area contributed by atoms with Gasteiger partial charge in [0.1, 0.15) is 0 Å². The smallest absolute Gasteiger partial charge is 0.0548 e. The number of likely N-dealkylation sites (N-methyl/N-ethyl adjacent to an activating group) is 1. The van der Waals surface area contributed by atoms with Gasteiger partial charge in [-0.1, -0.05) is 31.5 Å². The van der Waals surface area contributed by atoms with E-state index in [4.69, 9.17) is 17.3 Å². The van der Waals surface area contributed by atoms with Crippen molar-refractivity contribution in [2.24, 2.45) is 11.7 Å². The molecule has 0 aromatic heterocycles. The summed E-state index contributed by atoms with van der Waals surface area (Å²) >= 11 is 9.53. The number of nitrogens with two attached hydrogens (primary N) is 1. The molecule has 0 amide bonds. The van der Waals surface area contributed by atoms with Crippen molar-refractivity contribution in [1.29, 1.82) is 0 Å². The average molecular weight is 348 g/mol. The maximum atomic E-state index is 6.05. The largest absolute Gasteiger partial charge is 0.329 e. The first-order chi connectivity index (χ1) is 8.86. The number of hydrogen-bond donors (Lipinski definition) is 1. The van der Waals surface area contributed by atoms with Crippen molar-refractivity contribution in [3.63, 3.8) is 0 Å². The summed E-state index contributed by atoms with van der Waals surface area (Å²) in [5.74, 6) is 0.688. The lowest BCUT2D eigenvalue weighted by atomic mass is 9.99. The van der Waals surface area contributed by atoms with Crippen LogP contribution >= 0.6 is 27.5 Å². The zero-order chi connectivity index (χ0) is 14.6. The summed E-state index contributed by atoms with van der Waals surface area (Å²) in [7, 11) is 2.15. The summed E-state index contributed by atoms with van der Waals surface area (Å²) in [4.78, 5) is 2.36. The Bertz CT molecular complexity index is 409. The van der Waals surface area contributed by atoms with Crippen LogP contribution in [0.3, 0.4) is 0 Å². The minimum Gasteiger partial charge on any atom is -0.329 e. The maximum Gasteiger partial charge on any atom is 0.0548 e. The second-order valence-electron chi connectivity index (χ2n) is 5.57. The summed E-state index contributed by atoms with van der Waals surface area (Å²) in [5, 5.41) is 0.734. The number of hydrogen-bond acceptors (Lipinski definition) is 2. The lowest BCUT2D eigenvalue weighted by molar-refractivity contribution is 0.168. The minimum atomic E-state index is 0.224. The molecule has 0 heterocycles. The molecular weight excluding hydrogens is 324 g/mol. The second-order valence-corrected chi connectivity index (χ2v) is 6.83.